The van der Waals surface area contributed by atoms with Gasteiger partial charge < -0.3 is 10.2 Å². The summed E-state index contributed by atoms with van der Waals surface area (Å²) in [6.45, 7) is 19.4. The molecule has 0 aromatic rings. The molecule has 0 amide bonds. The largest absolute Gasteiger partial charge is 0.390 e. The molecule has 0 bridgehead atoms. The monoisotopic (exact) mass is 633 g/mol. The molecular weight excluding hydrogens is 564 g/mol. The highest BCUT2D eigenvalue weighted by Gasteiger charge is 2.65. The molecule has 0 aromatic carbocycles. The summed E-state index contributed by atoms with van der Waals surface area (Å²) < 4.78 is 0. The lowest BCUT2D eigenvalue weighted by molar-refractivity contribution is -0.142. The van der Waals surface area contributed by atoms with Crippen molar-refractivity contribution in [3.63, 3.8) is 0 Å². The van der Waals surface area contributed by atoms with Gasteiger partial charge in [0.15, 0.2) is 0 Å². The van der Waals surface area contributed by atoms with Gasteiger partial charge in [-0.3, -0.25) is 0 Å². The molecule has 4 heteroatoms. The van der Waals surface area contributed by atoms with Crippen LogP contribution in [0, 0.1) is 80.8 Å². The van der Waals surface area contributed by atoms with Crippen molar-refractivity contribution in [2.75, 3.05) is 0 Å². The predicted octanol–water partition coefficient (Wildman–Crippen LogP) is 9.86. The topological polar surface area (TPSA) is 65.2 Å². The molecule has 0 saturated heterocycles. The summed E-state index contributed by atoms with van der Waals surface area (Å²) in [7, 11) is 0. The van der Waals surface area contributed by atoms with Gasteiger partial charge in [0.1, 0.15) is 0 Å². The van der Waals surface area contributed by atoms with Gasteiger partial charge in [-0.25, -0.2) is 0 Å². The van der Waals surface area contributed by atoms with Gasteiger partial charge >= 0.3 is 0 Å². The molecule has 0 heterocycles. The molecule has 8 aliphatic carbocycles. The van der Waals surface area contributed by atoms with Crippen LogP contribution in [0.1, 0.15) is 158 Å². The highest BCUT2D eigenvalue weighted by molar-refractivity contribution is 5.91. The molecule has 4 nitrogen and oxygen atoms in total. The van der Waals surface area contributed by atoms with Gasteiger partial charge in [-0.1, -0.05) is 41.5 Å². The Morgan fingerprint density at radius 3 is 1.26 bits per heavy atom. The van der Waals surface area contributed by atoms with E-state index >= 15 is 0 Å². The van der Waals surface area contributed by atoms with Crippen molar-refractivity contribution in [1.82, 2.24) is 0 Å². The highest BCUT2D eigenvalue weighted by atomic mass is 16.3. The molecule has 8 aliphatic rings. The van der Waals surface area contributed by atoms with Crippen LogP contribution in [0.3, 0.4) is 0 Å². The Morgan fingerprint density at radius 2 is 0.870 bits per heavy atom. The molecule has 8 saturated carbocycles. The summed E-state index contributed by atoms with van der Waals surface area (Å²) in [5, 5.41) is 33.1. The standard InChI is InChI=1S/C42H68N2O2/c1-25-23-37(3)27(9-11-29-31(37)13-17-39(5)33(29)15-19-41(39,7)45)21-35(25)43-44-36-22-28-10-12-30-32(38(28,4)24-26(36)2)14-18-40(6)34(30)16-20-42(40,8)46/h25-34,45-46H,9-24H2,1-8H3/b43-35-,44-36+. The average Bonchev–Trinajstić information content (AvgIpc) is 3.38. The van der Waals surface area contributed by atoms with Gasteiger partial charge in [-0.15, -0.1) is 0 Å². The molecule has 0 spiro atoms. The quantitative estimate of drug-likeness (QED) is 0.283. The van der Waals surface area contributed by atoms with Crippen molar-refractivity contribution in [3.8, 4) is 0 Å². The molecule has 0 radical (unpaired) electrons. The van der Waals surface area contributed by atoms with Crippen LogP contribution >= 0.6 is 0 Å². The fourth-order valence-corrected chi connectivity index (χ4v) is 15.7. The van der Waals surface area contributed by atoms with Crippen LogP contribution in [-0.2, 0) is 0 Å². The zero-order chi connectivity index (χ0) is 32.7. The first-order chi connectivity index (χ1) is 21.5. The van der Waals surface area contributed by atoms with Crippen molar-refractivity contribution >= 4 is 11.4 Å². The first kappa shape index (κ1) is 32.5. The lowest BCUT2D eigenvalue weighted by Gasteiger charge is -2.62. The second-order valence-electron chi connectivity index (χ2n) is 20.7. The fraction of sp³-hybridized carbons (Fsp3) is 0.952. The van der Waals surface area contributed by atoms with Gasteiger partial charge in [0, 0.05) is 11.4 Å². The second kappa shape index (κ2) is 10.4. The summed E-state index contributed by atoms with van der Waals surface area (Å²) >= 11 is 0. The molecule has 0 aromatic heterocycles. The van der Waals surface area contributed by atoms with Crippen LogP contribution in [0.4, 0.5) is 0 Å². The lowest BCUT2D eigenvalue weighted by atomic mass is 9.43. The molecule has 16 unspecified atom stereocenters. The first-order valence-electron chi connectivity index (χ1n) is 20.1. The van der Waals surface area contributed by atoms with Crippen LogP contribution in [0.25, 0.3) is 0 Å². The fourth-order valence-electron chi connectivity index (χ4n) is 15.7. The van der Waals surface area contributed by atoms with Crippen molar-refractivity contribution in [2.45, 2.75) is 169 Å². The predicted molar refractivity (Wildman–Crippen MR) is 189 cm³/mol. The number of nitrogens with zero attached hydrogens (tertiary/aromatic N) is 2. The van der Waals surface area contributed by atoms with Crippen LogP contribution in [0.2, 0.25) is 0 Å². The number of rotatable bonds is 1. The maximum atomic E-state index is 11.3. The third-order valence-corrected chi connectivity index (χ3v) is 19.1. The molecule has 0 aliphatic heterocycles. The van der Waals surface area contributed by atoms with E-state index in [0.717, 1.165) is 61.2 Å². The normalized spacial score (nSPS) is 61.3. The van der Waals surface area contributed by atoms with Crippen molar-refractivity contribution < 1.29 is 10.2 Å². The van der Waals surface area contributed by atoms with Gasteiger partial charge in [-0.05, 0) is 197 Å². The summed E-state index contributed by atoms with van der Waals surface area (Å²) in [5.74, 6) is 7.15. The zero-order valence-electron chi connectivity index (χ0n) is 30.9. The Balaban J connectivity index is 0.969. The second-order valence-corrected chi connectivity index (χ2v) is 20.7. The number of hydrogen-bond donors (Lipinski definition) is 2. The van der Waals surface area contributed by atoms with E-state index < -0.39 is 11.2 Å². The first-order valence-corrected chi connectivity index (χ1v) is 20.1. The van der Waals surface area contributed by atoms with E-state index in [-0.39, 0.29) is 10.8 Å². The molecular formula is C42H68N2O2. The molecule has 2 N–H and O–H groups in total. The van der Waals surface area contributed by atoms with Gasteiger partial charge in [-0.2, -0.15) is 10.2 Å². The lowest BCUT2D eigenvalue weighted by Crippen LogP contribution is -2.57. The van der Waals surface area contributed by atoms with Crippen LogP contribution < -0.4 is 0 Å². The van der Waals surface area contributed by atoms with Crippen molar-refractivity contribution in [2.24, 2.45) is 91.0 Å². The summed E-state index contributed by atoms with van der Waals surface area (Å²) in [4.78, 5) is 0. The third-order valence-electron chi connectivity index (χ3n) is 19.1. The Morgan fingerprint density at radius 1 is 0.500 bits per heavy atom. The van der Waals surface area contributed by atoms with Crippen LogP contribution in [-0.4, -0.2) is 32.8 Å². The minimum atomic E-state index is -0.484. The highest BCUT2D eigenvalue weighted by Crippen LogP contribution is 2.70. The molecule has 46 heavy (non-hydrogen) atoms. The van der Waals surface area contributed by atoms with Gasteiger partial charge in [0.2, 0.25) is 0 Å². The SMILES string of the molecule is CC1CC2(C)C(CCC3C2CCC2(C)C3CCC2(C)O)C/C1=N/N=C1\CC2CCC3C(CCC4(C)C3CCC4(C)O)C2(C)CC1C. The van der Waals surface area contributed by atoms with Crippen molar-refractivity contribution in [1.29, 1.82) is 0 Å². The number of hydrogen-bond acceptors (Lipinski definition) is 4. The minimum absolute atomic E-state index is 0.112. The number of fused-ring (bicyclic) bond motifs is 10. The van der Waals surface area contributed by atoms with E-state index in [9.17, 15) is 10.2 Å². The van der Waals surface area contributed by atoms with E-state index in [1.54, 1.807) is 0 Å². The number of aliphatic hydroxyl groups is 2. The van der Waals surface area contributed by atoms with Gasteiger partial charge in [0.25, 0.3) is 0 Å². The maximum Gasteiger partial charge on any atom is 0.0675 e. The molecule has 8 rings (SSSR count). The van der Waals surface area contributed by atoms with E-state index in [4.69, 9.17) is 10.2 Å². The summed E-state index contributed by atoms with van der Waals surface area (Å²) in [6, 6.07) is 0. The Bertz CT molecular complexity index is 1200. The Hall–Kier alpha value is -0.740. The average molecular weight is 633 g/mol. The van der Waals surface area contributed by atoms with Crippen molar-refractivity contribution in [3.05, 3.63) is 0 Å². The Labute approximate surface area is 281 Å². The maximum absolute atomic E-state index is 11.3. The van der Waals surface area contributed by atoms with E-state index in [1.807, 2.05) is 0 Å². The molecule has 16 atom stereocenters. The minimum Gasteiger partial charge on any atom is -0.390 e. The Kier molecular flexibility index (Phi) is 7.34. The van der Waals surface area contributed by atoms with E-state index in [2.05, 4.69) is 55.4 Å². The molecule has 258 valence electrons. The van der Waals surface area contributed by atoms with E-state index in [0.29, 0.717) is 34.5 Å². The zero-order valence-corrected chi connectivity index (χ0v) is 30.9. The van der Waals surface area contributed by atoms with Gasteiger partial charge in [0.05, 0.1) is 11.2 Å². The van der Waals surface area contributed by atoms with Crippen LogP contribution in [0.5, 0.6) is 0 Å². The third kappa shape index (κ3) is 4.29. The summed E-state index contributed by atoms with van der Waals surface area (Å²) in [6.07, 6.45) is 19.7. The van der Waals surface area contributed by atoms with Crippen LogP contribution in [0.15, 0.2) is 10.2 Å². The van der Waals surface area contributed by atoms with E-state index in [1.165, 1.54) is 88.5 Å². The smallest absolute Gasteiger partial charge is 0.0675 e. The molecule has 8 fully saturated rings. The summed E-state index contributed by atoms with van der Waals surface area (Å²) in [5.41, 5.74) is 2.86.